The molecule has 1 aliphatic rings. The zero-order valence-corrected chi connectivity index (χ0v) is 17.0. The van der Waals surface area contributed by atoms with Gasteiger partial charge >= 0.3 is 0 Å². The summed E-state index contributed by atoms with van der Waals surface area (Å²) in [5, 5.41) is 4.02. The fraction of sp³-hybridized carbons (Fsp3) is 0.227. The number of nitrogens with zero attached hydrogens (tertiary/aromatic N) is 4. The first-order valence-electron chi connectivity index (χ1n) is 9.48. The largest absolute Gasteiger partial charge is 0.368 e. The molecule has 3 N–H and O–H groups in total. The number of Topliss-reactive ketones (excluding diaryl/α,β-unsaturated/α-hetero) is 1. The second kappa shape index (κ2) is 10.9. The molecular formula is C22H21ClN6O. The highest BCUT2D eigenvalue weighted by Crippen LogP contribution is 2.21. The van der Waals surface area contributed by atoms with Gasteiger partial charge in [-0.3, -0.25) is 4.79 Å². The third-order valence-corrected chi connectivity index (χ3v) is 4.61. The fourth-order valence-corrected chi connectivity index (χ4v) is 2.93. The smallest absolute Gasteiger partial charge is 0.222 e. The van der Waals surface area contributed by atoms with Crippen LogP contribution < -0.4 is 11.1 Å². The predicted octanol–water partition coefficient (Wildman–Crippen LogP) is 3.51. The lowest BCUT2D eigenvalue weighted by Gasteiger charge is -2.23. The number of benzene rings is 1. The molecule has 152 valence electrons. The highest BCUT2D eigenvalue weighted by atomic mass is 35.5. The highest BCUT2D eigenvalue weighted by molar-refractivity contribution is 6.30. The fourth-order valence-electron chi connectivity index (χ4n) is 2.80. The number of carbonyl (C=O) groups is 1. The zero-order chi connectivity index (χ0) is 21.2. The van der Waals surface area contributed by atoms with Gasteiger partial charge in [0.05, 0.1) is 11.8 Å². The highest BCUT2D eigenvalue weighted by Gasteiger charge is 2.19. The van der Waals surface area contributed by atoms with Gasteiger partial charge in [-0.25, -0.2) is 15.0 Å². The van der Waals surface area contributed by atoms with Crippen LogP contribution in [0.25, 0.3) is 0 Å². The Morgan fingerprint density at radius 1 is 1.07 bits per heavy atom. The van der Waals surface area contributed by atoms with Gasteiger partial charge in [0.15, 0.2) is 0 Å². The second-order valence-electron chi connectivity index (χ2n) is 6.61. The summed E-state index contributed by atoms with van der Waals surface area (Å²) in [6, 6.07) is 9.28. The van der Waals surface area contributed by atoms with E-state index in [2.05, 4.69) is 37.1 Å². The third kappa shape index (κ3) is 6.83. The van der Waals surface area contributed by atoms with Crippen LogP contribution >= 0.6 is 11.6 Å². The molecule has 2 heterocycles. The topological polar surface area (TPSA) is 107 Å². The van der Waals surface area contributed by atoms with Crippen molar-refractivity contribution in [2.24, 2.45) is 0 Å². The van der Waals surface area contributed by atoms with Crippen LogP contribution in [0.3, 0.4) is 0 Å². The Morgan fingerprint density at radius 3 is 2.37 bits per heavy atom. The minimum atomic E-state index is 0.196. The SMILES string of the molecule is Nc1ncc(C#Cc2ccc(Cl)cc2)c(NC2CCC(=O)CC2)n1.c1cncnc1. The van der Waals surface area contributed by atoms with Crippen LogP contribution in [0, 0.1) is 11.8 Å². The van der Waals surface area contributed by atoms with Crippen LogP contribution in [-0.4, -0.2) is 31.8 Å². The monoisotopic (exact) mass is 420 g/mol. The molecule has 0 radical (unpaired) electrons. The summed E-state index contributed by atoms with van der Waals surface area (Å²) in [6.07, 6.45) is 9.29. The first kappa shape index (κ1) is 21.2. The maximum absolute atomic E-state index is 11.4. The van der Waals surface area contributed by atoms with Crippen LogP contribution in [0.1, 0.15) is 36.8 Å². The van der Waals surface area contributed by atoms with Crippen LogP contribution in [0.4, 0.5) is 11.8 Å². The van der Waals surface area contributed by atoms with Gasteiger partial charge in [-0.1, -0.05) is 23.4 Å². The zero-order valence-electron chi connectivity index (χ0n) is 16.3. The molecule has 0 unspecified atom stereocenters. The molecule has 0 amide bonds. The Labute approximate surface area is 180 Å². The van der Waals surface area contributed by atoms with Crippen molar-refractivity contribution in [1.29, 1.82) is 0 Å². The van der Waals surface area contributed by atoms with Crippen molar-refractivity contribution in [3.05, 3.63) is 71.4 Å². The Balaban J connectivity index is 0.000000367. The minimum absolute atomic E-state index is 0.196. The average Bonchev–Trinajstić information content (AvgIpc) is 2.78. The quantitative estimate of drug-likeness (QED) is 0.611. The molecule has 2 aromatic heterocycles. The molecule has 0 saturated heterocycles. The minimum Gasteiger partial charge on any atom is -0.368 e. The summed E-state index contributed by atoms with van der Waals surface area (Å²) >= 11 is 5.87. The van der Waals surface area contributed by atoms with Gasteiger partial charge in [0.2, 0.25) is 5.95 Å². The Bertz CT molecular complexity index is 994. The first-order valence-corrected chi connectivity index (χ1v) is 9.86. The summed E-state index contributed by atoms with van der Waals surface area (Å²) in [7, 11) is 0. The molecule has 7 nitrogen and oxygen atoms in total. The van der Waals surface area contributed by atoms with Crippen LogP contribution in [0.5, 0.6) is 0 Å². The molecule has 3 aromatic rings. The number of rotatable bonds is 2. The van der Waals surface area contributed by atoms with E-state index in [1.54, 1.807) is 36.8 Å². The number of halogens is 1. The van der Waals surface area contributed by atoms with Crippen molar-refractivity contribution >= 4 is 29.2 Å². The number of anilines is 2. The Morgan fingerprint density at radius 2 is 1.77 bits per heavy atom. The maximum Gasteiger partial charge on any atom is 0.222 e. The molecule has 8 heteroatoms. The lowest BCUT2D eigenvalue weighted by Crippen LogP contribution is -2.27. The maximum atomic E-state index is 11.4. The van der Waals surface area contributed by atoms with Crippen molar-refractivity contribution in [2.45, 2.75) is 31.7 Å². The van der Waals surface area contributed by atoms with Crippen LogP contribution in [-0.2, 0) is 4.79 Å². The van der Waals surface area contributed by atoms with E-state index in [1.807, 2.05) is 12.1 Å². The van der Waals surface area contributed by atoms with Gasteiger partial charge in [0.25, 0.3) is 0 Å². The van der Waals surface area contributed by atoms with E-state index in [1.165, 1.54) is 6.33 Å². The van der Waals surface area contributed by atoms with E-state index in [-0.39, 0.29) is 12.0 Å². The Hall–Kier alpha value is -3.50. The number of nitrogens with one attached hydrogen (secondary N) is 1. The summed E-state index contributed by atoms with van der Waals surface area (Å²) < 4.78 is 0. The van der Waals surface area contributed by atoms with Crippen molar-refractivity contribution in [1.82, 2.24) is 19.9 Å². The number of nitrogens with two attached hydrogens (primary N) is 1. The number of hydrogen-bond donors (Lipinski definition) is 2. The second-order valence-corrected chi connectivity index (χ2v) is 7.05. The average molecular weight is 421 g/mol. The molecule has 0 bridgehead atoms. The van der Waals surface area contributed by atoms with Crippen LogP contribution in [0.15, 0.2) is 55.2 Å². The van der Waals surface area contributed by atoms with Crippen molar-refractivity contribution in [3.63, 3.8) is 0 Å². The summed E-state index contributed by atoms with van der Waals surface area (Å²) in [5.74, 6) is 7.27. The number of ketones is 1. The molecule has 1 aromatic carbocycles. The van der Waals surface area contributed by atoms with Crippen molar-refractivity contribution in [2.75, 3.05) is 11.1 Å². The van der Waals surface area contributed by atoms with E-state index in [9.17, 15) is 4.79 Å². The van der Waals surface area contributed by atoms with E-state index in [4.69, 9.17) is 17.3 Å². The predicted molar refractivity (Wildman–Crippen MR) is 117 cm³/mol. The molecule has 0 spiro atoms. The normalized spacial score (nSPS) is 13.4. The molecule has 1 aliphatic carbocycles. The standard InChI is InChI=1S/C18H17ClN4O.C4H4N2/c19-14-5-2-12(3-6-14)1-4-13-11-21-18(20)23-17(13)22-15-7-9-16(24)10-8-15;1-2-5-4-6-3-1/h2-3,5-6,11,15H,7-10H2,(H3,20,21,22,23);1-4H. The number of aromatic nitrogens is 4. The van der Waals surface area contributed by atoms with Gasteiger partial charge in [-0.2, -0.15) is 4.98 Å². The molecule has 30 heavy (non-hydrogen) atoms. The van der Waals surface area contributed by atoms with Gasteiger partial charge < -0.3 is 11.1 Å². The van der Waals surface area contributed by atoms with Crippen LogP contribution in [0.2, 0.25) is 5.02 Å². The molecule has 4 rings (SSSR count). The Kier molecular flexibility index (Phi) is 7.70. The lowest BCUT2D eigenvalue weighted by atomic mass is 9.94. The molecule has 1 fully saturated rings. The molecule has 1 saturated carbocycles. The van der Waals surface area contributed by atoms with Crippen molar-refractivity contribution < 1.29 is 4.79 Å². The summed E-state index contributed by atoms with van der Waals surface area (Å²) in [6.45, 7) is 0. The first-order chi connectivity index (χ1) is 14.6. The van der Waals surface area contributed by atoms with E-state index in [0.29, 0.717) is 35.0 Å². The van der Waals surface area contributed by atoms with Gasteiger partial charge in [0, 0.05) is 41.9 Å². The summed E-state index contributed by atoms with van der Waals surface area (Å²) in [5.41, 5.74) is 7.23. The van der Waals surface area contributed by atoms with E-state index >= 15 is 0 Å². The molecule has 0 aliphatic heterocycles. The molecule has 0 atom stereocenters. The summed E-state index contributed by atoms with van der Waals surface area (Å²) in [4.78, 5) is 27.0. The lowest BCUT2D eigenvalue weighted by molar-refractivity contribution is -0.120. The third-order valence-electron chi connectivity index (χ3n) is 4.35. The molecular weight excluding hydrogens is 400 g/mol. The van der Waals surface area contributed by atoms with E-state index in [0.717, 1.165) is 18.4 Å². The van der Waals surface area contributed by atoms with Gasteiger partial charge in [0.1, 0.15) is 17.9 Å². The number of nitrogen functional groups attached to an aromatic ring is 1. The van der Waals surface area contributed by atoms with Crippen molar-refractivity contribution in [3.8, 4) is 11.8 Å². The number of hydrogen-bond acceptors (Lipinski definition) is 7. The van der Waals surface area contributed by atoms with Gasteiger partial charge in [-0.15, -0.1) is 0 Å². The van der Waals surface area contributed by atoms with Gasteiger partial charge in [-0.05, 0) is 43.2 Å². The number of carbonyl (C=O) groups excluding carboxylic acids is 1. The van der Waals surface area contributed by atoms with E-state index < -0.39 is 0 Å².